The Balaban J connectivity index is 2.60. The normalized spacial score (nSPS) is 12.2. The summed E-state index contributed by atoms with van der Waals surface area (Å²) in [6.45, 7) is 4.08. The lowest BCUT2D eigenvalue weighted by Gasteiger charge is -2.15. The van der Waals surface area contributed by atoms with Crippen LogP contribution in [0.15, 0.2) is 12.1 Å². The van der Waals surface area contributed by atoms with E-state index in [-0.39, 0.29) is 22.7 Å². The van der Waals surface area contributed by atoms with Crippen molar-refractivity contribution < 1.29 is 14.6 Å². The number of rotatable bonds is 8. The lowest BCUT2D eigenvalue weighted by Crippen LogP contribution is -2.15. The quantitative estimate of drug-likeness (QED) is 0.575. The van der Waals surface area contributed by atoms with Crippen LogP contribution in [-0.2, 0) is 0 Å². The zero-order chi connectivity index (χ0) is 14.3. The van der Waals surface area contributed by atoms with E-state index in [4.69, 9.17) is 21.4 Å². The molecular formula is C14H20ClNO3. The van der Waals surface area contributed by atoms with Gasteiger partial charge in [-0.2, -0.15) is 0 Å². The first-order valence-corrected chi connectivity index (χ1v) is 6.99. The minimum Gasteiger partial charge on any atom is -0.477 e. The average Bonchev–Trinajstić information content (AvgIpc) is 2.34. The molecule has 0 bridgehead atoms. The summed E-state index contributed by atoms with van der Waals surface area (Å²) in [6, 6.07) is 2.86. The molecule has 0 saturated heterocycles. The van der Waals surface area contributed by atoms with Crippen LogP contribution in [0.25, 0.3) is 0 Å². The topological polar surface area (TPSA) is 59.4 Å². The zero-order valence-corrected chi connectivity index (χ0v) is 12.1. The van der Waals surface area contributed by atoms with E-state index >= 15 is 0 Å². The number of hydrogen-bond donors (Lipinski definition) is 1. The molecule has 5 heteroatoms. The van der Waals surface area contributed by atoms with Gasteiger partial charge in [0, 0.05) is 0 Å². The summed E-state index contributed by atoms with van der Waals surface area (Å²) < 4.78 is 5.59. The highest BCUT2D eigenvalue weighted by atomic mass is 35.5. The molecule has 0 aliphatic rings. The molecule has 0 aliphatic heterocycles. The molecule has 1 rings (SSSR count). The van der Waals surface area contributed by atoms with Crippen LogP contribution >= 0.6 is 11.6 Å². The number of aromatic nitrogens is 1. The molecule has 0 fully saturated rings. The molecule has 0 saturated carbocycles. The molecule has 1 aromatic heterocycles. The van der Waals surface area contributed by atoms with Gasteiger partial charge in [0.15, 0.2) is 0 Å². The smallest absolute Gasteiger partial charge is 0.341 e. The molecular weight excluding hydrogens is 266 g/mol. The van der Waals surface area contributed by atoms with E-state index in [2.05, 4.69) is 11.9 Å². The number of ether oxygens (including phenoxy) is 1. The Morgan fingerprint density at radius 3 is 2.79 bits per heavy atom. The predicted octanol–water partition coefficient (Wildman–Crippen LogP) is 4.17. The average molecular weight is 286 g/mol. The first-order chi connectivity index (χ1) is 9.04. The molecule has 1 aromatic rings. The second kappa shape index (κ2) is 8.00. The Labute approximate surface area is 118 Å². The maximum atomic E-state index is 11.1. The van der Waals surface area contributed by atoms with Crippen molar-refractivity contribution in [1.82, 2.24) is 4.98 Å². The summed E-state index contributed by atoms with van der Waals surface area (Å²) in [7, 11) is 0. The summed E-state index contributed by atoms with van der Waals surface area (Å²) in [5.74, 6) is -0.958. The van der Waals surface area contributed by atoms with Gasteiger partial charge in [0.25, 0.3) is 0 Å². The van der Waals surface area contributed by atoms with Crippen molar-refractivity contribution in [3.63, 3.8) is 0 Å². The molecule has 0 radical (unpaired) electrons. The summed E-state index contributed by atoms with van der Waals surface area (Å²) in [6.07, 6.45) is 5.45. The van der Waals surface area contributed by atoms with E-state index in [1.165, 1.54) is 31.4 Å². The van der Waals surface area contributed by atoms with E-state index in [1.807, 2.05) is 6.92 Å². The monoisotopic (exact) mass is 285 g/mol. The first-order valence-electron chi connectivity index (χ1n) is 6.61. The minimum atomic E-state index is -1.06. The molecule has 0 aliphatic carbocycles. The number of aromatic carboxylic acids is 1. The maximum absolute atomic E-state index is 11.1. The number of unbranched alkanes of at least 4 members (excludes halogenated alkanes) is 3. The number of nitrogens with zero attached hydrogens (tertiary/aromatic N) is 1. The van der Waals surface area contributed by atoms with Gasteiger partial charge >= 0.3 is 5.97 Å². The first kappa shape index (κ1) is 15.8. The standard InChI is InChI=1S/C14H20ClNO3/c1-3-4-5-6-7-10(2)19-13-11(14(17)18)8-9-12(15)16-13/h8-10H,3-7H2,1-2H3,(H,17,18). The van der Waals surface area contributed by atoms with E-state index < -0.39 is 5.97 Å². The lowest BCUT2D eigenvalue weighted by molar-refractivity contribution is 0.0687. The van der Waals surface area contributed by atoms with Crippen LogP contribution in [0, 0.1) is 0 Å². The molecule has 19 heavy (non-hydrogen) atoms. The fourth-order valence-corrected chi connectivity index (χ4v) is 1.92. The van der Waals surface area contributed by atoms with Crippen LogP contribution in [0.2, 0.25) is 5.15 Å². The Kier molecular flexibility index (Phi) is 6.64. The molecule has 1 unspecified atom stereocenters. The third kappa shape index (κ3) is 5.47. The lowest BCUT2D eigenvalue weighted by atomic mass is 10.1. The molecule has 0 spiro atoms. The zero-order valence-electron chi connectivity index (χ0n) is 11.4. The van der Waals surface area contributed by atoms with Crippen LogP contribution < -0.4 is 4.74 Å². The second-order valence-corrected chi connectivity index (χ2v) is 4.96. The van der Waals surface area contributed by atoms with Crippen molar-refractivity contribution in [3.05, 3.63) is 22.8 Å². The second-order valence-electron chi connectivity index (χ2n) is 4.57. The molecule has 1 atom stereocenters. The van der Waals surface area contributed by atoms with Gasteiger partial charge in [-0.3, -0.25) is 0 Å². The van der Waals surface area contributed by atoms with Crippen molar-refractivity contribution >= 4 is 17.6 Å². The minimum absolute atomic E-state index is 0.0461. The molecule has 106 valence electrons. The number of carboxylic acid groups (broad SMARTS) is 1. The van der Waals surface area contributed by atoms with E-state index in [9.17, 15) is 4.79 Å². The fourth-order valence-electron chi connectivity index (χ4n) is 1.78. The fraction of sp³-hybridized carbons (Fsp3) is 0.571. The molecule has 1 N–H and O–H groups in total. The number of halogens is 1. The highest BCUT2D eigenvalue weighted by Gasteiger charge is 2.15. The summed E-state index contributed by atoms with van der Waals surface area (Å²) >= 11 is 5.77. The molecule has 0 amide bonds. The van der Waals surface area contributed by atoms with E-state index in [1.54, 1.807) is 0 Å². The van der Waals surface area contributed by atoms with Gasteiger partial charge in [-0.05, 0) is 31.9 Å². The Hall–Kier alpha value is -1.29. The number of hydrogen-bond acceptors (Lipinski definition) is 3. The third-order valence-electron chi connectivity index (χ3n) is 2.83. The third-order valence-corrected chi connectivity index (χ3v) is 3.04. The van der Waals surface area contributed by atoms with Crippen molar-refractivity contribution in [2.75, 3.05) is 0 Å². The Bertz CT molecular complexity index is 423. The SMILES string of the molecule is CCCCCCC(C)Oc1nc(Cl)ccc1C(=O)O. The van der Waals surface area contributed by atoms with Crippen LogP contribution in [-0.4, -0.2) is 22.2 Å². The van der Waals surface area contributed by atoms with Crippen LogP contribution in [0.5, 0.6) is 5.88 Å². The number of pyridine rings is 1. The van der Waals surface area contributed by atoms with Gasteiger partial charge in [0.2, 0.25) is 5.88 Å². The van der Waals surface area contributed by atoms with Gasteiger partial charge in [-0.1, -0.05) is 37.8 Å². The maximum Gasteiger partial charge on any atom is 0.341 e. The highest BCUT2D eigenvalue weighted by Crippen LogP contribution is 2.21. The molecule has 0 aromatic carbocycles. The van der Waals surface area contributed by atoms with E-state index in [0.717, 1.165) is 12.8 Å². The van der Waals surface area contributed by atoms with Crippen molar-refractivity contribution in [2.24, 2.45) is 0 Å². The summed E-state index contributed by atoms with van der Waals surface area (Å²) in [4.78, 5) is 15.0. The number of carboxylic acids is 1. The van der Waals surface area contributed by atoms with Crippen LogP contribution in [0.4, 0.5) is 0 Å². The largest absolute Gasteiger partial charge is 0.477 e. The van der Waals surface area contributed by atoms with Gasteiger partial charge in [-0.15, -0.1) is 0 Å². The number of carbonyl (C=O) groups is 1. The van der Waals surface area contributed by atoms with Crippen molar-refractivity contribution in [1.29, 1.82) is 0 Å². The highest BCUT2D eigenvalue weighted by molar-refractivity contribution is 6.29. The molecule has 1 heterocycles. The van der Waals surface area contributed by atoms with E-state index in [0.29, 0.717) is 0 Å². The van der Waals surface area contributed by atoms with Crippen molar-refractivity contribution in [3.8, 4) is 5.88 Å². The van der Waals surface area contributed by atoms with Gasteiger partial charge in [-0.25, -0.2) is 9.78 Å². The van der Waals surface area contributed by atoms with Gasteiger partial charge < -0.3 is 9.84 Å². The van der Waals surface area contributed by atoms with Gasteiger partial charge in [0.1, 0.15) is 10.7 Å². The van der Waals surface area contributed by atoms with Gasteiger partial charge in [0.05, 0.1) is 6.10 Å². The summed E-state index contributed by atoms with van der Waals surface area (Å²) in [5.41, 5.74) is 0.0461. The predicted molar refractivity (Wildman–Crippen MR) is 75.1 cm³/mol. The van der Waals surface area contributed by atoms with Crippen LogP contribution in [0.1, 0.15) is 56.3 Å². The van der Waals surface area contributed by atoms with Crippen molar-refractivity contribution in [2.45, 2.75) is 52.1 Å². The molecule has 4 nitrogen and oxygen atoms in total. The van der Waals surface area contributed by atoms with Crippen LogP contribution in [0.3, 0.4) is 0 Å². The Morgan fingerprint density at radius 2 is 2.16 bits per heavy atom. The summed E-state index contributed by atoms with van der Waals surface area (Å²) in [5, 5.41) is 9.29. The Morgan fingerprint density at radius 1 is 1.42 bits per heavy atom.